The van der Waals surface area contributed by atoms with Gasteiger partial charge in [-0.3, -0.25) is 0 Å². The Bertz CT molecular complexity index is 1220. The normalized spacial score (nSPS) is 22.7. The Hall–Kier alpha value is -2.83. The third-order valence-electron chi connectivity index (χ3n) is 7.88. The smallest absolute Gasteiger partial charge is 0.410 e. The van der Waals surface area contributed by atoms with Gasteiger partial charge in [-0.1, -0.05) is 64.5 Å². The van der Waals surface area contributed by atoms with E-state index in [0.717, 1.165) is 22.1 Å². The summed E-state index contributed by atoms with van der Waals surface area (Å²) in [6, 6.07) is 22.8. The van der Waals surface area contributed by atoms with Crippen LogP contribution < -0.4 is 4.90 Å². The summed E-state index contributed by atoms with van der Waals surface area (Å²) in [5, 5.41) is 10.2. The number of aliphatic hydroxyl groups is 1. The minimum Gasteiger partial charge on any atom is -0.448 e. The number of anilines is 1. The van der Waals surface area contributed by atoms with Crippen LogP contribution in [0.3, 0.4) is 0 Å². The zero-order valence-corrected chi connectivity index (χ0v) is 20.6. The second kappa shape index (κ2) is 8.43. The number of fused-ring (bicyclic) bond motifs is 6. The molecule has 5 nitrogen and oxygen atoms in total. The number of carbonyl (C=O) groups is 1. The largest absolute Gasteiger partial charge is 0.448 e. The molecule has 0 aromatic heterocycles. The summed E-state index contributed by atoms with van der Waals surface area (Å²) in [6.45, 7) is 1.00. The summed E-state index contributed by atoms with van der Waals surface area (Å²) in [5.74, 6) is 0.205. The Morgan fingerprint density at radius 3 is 2.38 bits per heavy atom. The summed E-state index contributed by atoms with van der Waals surface area (Å²) in [5.41, 5.74) is 7.04. The van der Waals surface area contributed by atoms with Crippen LogP contribution in [0.25, 0.3) is 11.1 Å². The second-order valence-electron chi connectivity index (χ2n) is 9.46. The minimum absolute atomic E-state index is 0.0231. The van der Waals surface area contributed by atoms with Gasteiger partial charge in [0.2, 0.25) is 0 Å². The molecule has 2 aliphatic heterocycles. The zero-order chi connectivity index (χ0) is 23.4. The quantitative estimate of drug-likeness (QED) is 0.492. The van der Waals surface area contributed by atoms with Crippen LogP contribution in [-0.4, -0.2) is 48.9 Å². The summed E-state index contributed by atoms with van der Waals surface area (Å²) in [4.78, 5) is 17.5. The zero-order valence-electron chi connectivity index (χ0n) is 19.0. The average Bonchev–Trinajstić information content (AvgIpc) is 3.43. The van der Waals surface area contributed by atoms with Crippen molar-refractivity contribution in [3.05, 3.63) is 87.9 Å². The highest BCUT2D eigenvalue weighted by Crippen LogP contribution is 2.50. The minimum atomic E-state index is -0.276. The van der Waals surface area contributed by atoms with E-state index < -0.39 is 0 Å². The van der Waals surface area contributed by atoms with Gasteiger partial charge in [-0.25, -0.2) is 4.79 Å². The molecule has 0 bridgehead atoms. The van der Waals surface area contributed by atoms with Gasteiger partial charge >= 0.3 is 6.09 Å². The first-order chi connectivity index (χ1) is 16.6. The second-order valence-corrected chi connectivity index (χ2v) is 10.4. The maximum atomic E-state index is 13.5. The van der Waals surface area contributed by atoms with Crippen molar-refractivity contribution < 1.29 is 14.6 Å². The molecule has 0 saturated carbocycles. The van der Waals surface area contributed by atoms with Crippen LogP contribution >= 0.6 is 15.9 Å². The molecule has 1 aliphatic carbocycles. The van der Waals surface area contributed by atoms with E-state index >= 15 is 0 Å². The highest BCUT2D eigenvalue weighted by Gasteiger charge is 2.48. The monoisotopic (exact) mass is 518 g/mol. The van der Waals surface area contributed by atoms with Crippen molar-refractivity contribution in [2.75, 3.05) is 31.7 Å². The number of hydrogen-bond donors (Lipinski definition) is 1. The van der Waals surface area contributed by atoms with Crippen molar-refractivity contribution in [2.45, 2.75) is 24.4 Å². The molecule has 3 aromatic carbocycles. The Balaban J connectivity index is 1.27. The number of amides is 1. The molecule has 3 atom stereocenters. The molecule has 0 unspecified atom stereocenters. The number of halogens is 1. The first kappa shape index (κ1) is 21.7. The summed E-state index contributed by atoms with van der Waals surface area (Å²) in [7, 11) is 2.03. The molecule has 6 rings (SSSR count). The van der Waals surface area contributed by atoms with Crippen molar-refractivity contribution in [1.82, 2.24) is 4.90 Å². The predicted molar refractivity (Wildman–Crippen MR) is 136 cm³/mol. The van der Waals surface area contributed by atoms with Gasteiger partial charge in [0, 0.05) is 35.6 Å². The highest BCUT2D eigenvalue weighted by atomic mass is 79.9. The summed E-state index contributed by atoms with van der Waals surface area (Å²) in [6.07, 6.45) is 0.567. The van der Waals surface area contributed by atoms with E-state index in [1.807, 2.05) is 30.1 Å². The standard InChI is InChI=1S/C28H27BrN2O3/c1-30-25-11-10-17(29)14-23(25)27-22(26(30)15-32)12-13-31(27)28(33)34-16-24-20-8-4-2-6-18(20)19-7-3-5-9-21(19)24/h2-11,14,22,24,26-27,32H,12-13,15-16H2,1H3/t22-,26+,27-/m0/s1. The summed E-state index contributed by atoms with van der Waals surface area (Å²) < 4.78 is 7.00. The van der Waals surface area contributed by atoms with E-state index in [9.17, 15) is 9.90 Å². The van der Waals surface area contributed by atoms with Crippen molar-refractivity contribution >= 4 is 27.7 Å². The number of rotatable bonds is 3. The lowest BCUT2D eigenvalue weighted by atomic mass is 9.82. The van der Waals surface area contributed by atoms with Crippen molar-refractivity contribution in [3.8, 4) is 11.1 Å². The highest BCUT2D eigenvalue weighted by molar-refractivity contribution is 9.10. The topological polar surface area (TPSA) is 53.0 Å². The average molecular weight is 519 g/mol. The van der Waals surface area contributed by atoms with Gasteiger partial charge in [-0.2, -0.15) is 0 Å². The van der Waals surface area contributed by atoms with Crippen molar-refractivity contribution in [1.29, 1.82) is 0 Å². The van der Waals surface area contributed by atoms with Crippen LogP contribution in [0.1, 0.15) is 35.1 Å². The van der Waals surface area contributed by atoms with Crippen molar-refractivity contribution in [3.63, 3.8) is 0 Å². The molecule has 2 heterocycles. The third-order valence-corrected chi connectivity index (χ3v) is 8.38. The molecular weight excluding hydrogens is 492 g/mol. The number of likely N-dealkylation sites (tertiary alicyclic amines) is 1. The van der Waals surface area contributed by atoms with Crippen molar-refractivity contribution in [2.24, 2.45) is 5.92 Å². The predicted octanol–water partition coefficient (Wildman–Crippen LogP) is 5.57. The molecule has 3 aromatic rings. The fourth-order valence-corrected chi connectivity index (χ4v) is 6.69. The molecule has 1 fully saturated rings. The van der Waals surface area contributed by atoms with Gasteiger partial charge in [-0.05, 0) is 52.4 Å². The Morgan fingerprint density at radius 1 is 1.03 bits per heavy atom. The first-order valence-electron chi connectivity index (χ1n) is 11.8. The molecule has 1 saturated heterocycles. The Kier molecular flexibility index (Phi) is 5.38. The van der Waals surface area contributed by atoms with E-state index in [1.165, 1.54) is 22.3 Å². The fraction of sp³-hybridized carbons (Fsp3) is 0.321. The van der Waals surface area contributed by atoms with Gasteiger partial charge in [0.1, 0.15) is 6.61 Å². The van der Waals surface area contributed by atoms with Crippen LogP contribution in [0.5, 0.6) is 0 Å². The van der Waals surface area contributed by atoms with Crippen LogP contribution in [0.2, 0.25) is 0 Å². The number of aliphatic hydroxyl groups excluding tert-OH is 1. The van der Waals surface area contributed by atoms with E-state index in [1.54, 1.807) is 0 Å². The molecule has 0 spiro atoms. The van der Waals surface area contributed by atoms with Gasteiger partial charge in [0.15, 0.2) is 0 Å². The molecular formula is C28H27BrN2O3. The maximum absolute atomic E-state index is 13.5. The lowest BCUT2D eigenvalue weighted by molar-refractivity contribution is 0.0861. The van der Waals surface area contributed by atoms with Crippen LogP contribution in [-0.2, 0) is 4.74 Å². The van der Waals surface area contributed by atoms with E-state index in [0.29, 0.717) is 13.2 Å². The van der Waals surface area contributed by atoms with Crippen LogP contribution in [0, 0.1) is 5.92 Å². The van der Waals surface area contributed by atoms with E-state index in [2.05, 4.69) is 69.4 Å². The van der Waals surface area contributed by atoms with Gasteiger partial charge in [0.25, 0.3) is 0 Å². The van der Waals surface area contributed by atoms with Crippen LogP contribution in [0.15, 0.2) is 71.2 Å². The van der Waals surface area contributed by atoms with E-state index in [4.69, 9.17) is 4.74 Å². The number of likely N-dealkylation sites (N-methyl/N-ethyl adjacent to an activating group) is 1. The lowest BCUT2D eigenvalue weighted by Gasteiger charge is -2.44. The Morgan fingerprint density at radius 2 is 1.71 bits per heavy atom. The van der Waals surface area contributed by atoms with E-state index in [-0.39, 0.29) is 36.6 Å². The third kappa shape index (κ3) is 3.27. The molecule has 1 N–H and O–H groups in total. The first-order valence-corrected chi connectivity index (χ1v) is 12.6. The van der Waals surface area contributed by atoms with Gasteiger partial charge in [0.05, 0.1) is 18.7 Å². The molecule has 174 valence electrons. The SMILES string of the molecule is CN1c2ccc(Br)cc2[C@@H]2[C@@H](CCN2C(=O)OCC2c3ccccc3-c3ccccc32)[C@H]1CO. The molecule has 6 heteroatoms. The number of nitrogens with zero attached hydrogens (tertiary/aromatic N) is 2. The molecule has 3 aliphatic rings. The molecule has 1 amide bonds. The number of hydrogen-bond acceptors (Lipinski definition) is 4. The number of benzene rings is 3. The lowest BCUT2D eigenvalue weighted by Crippen LogP contribution is -2.48. The number of carbonyl (C=O) groups excluding carboxylic acids is 1. The van der Waals surface area contributed by atoms with Crippen LogP contribution in [0.4, 0.5) is 10.5 Å². The summed E-state index contributed by atoms with van der Waals surface area (Å²) >= 11 is 3.60. The molecule has 0 radical (unpaired) electrons. The number of ether oxygens (including phenoxy) is 1. The fourth-order valence-electron chi connectivity index (χ4n) is 6.31. The molecule has 34 heavy (non-hydrogen) atoms. The Labute approximate surface area is 208 Å². The maximum Gasteiger partial charge on any atom is 0.410 e. The van der Waals surface area contributed by atoms with Gasteiger partial charge < -0.3 is 19.6 Å². The van der Waals surface area contributed by atoms with Gasteiger partial charge in [-0.15, -0.1) is 0 Å².